The monoisotopic (exact) mass is 641 g/mol. The molecular formula is C32H37N2O12+. The third-order valence-electron chi connectivity index (χ3n) is 7.72. The van der Waals surface area contributed by atoms with Crippen LogP contribution >= 0.6 is 0 Å². The first-order valence-electron chi connectivity index (χ1n) is 14.5. The fraction of sp³-hybridized carbons (Fsp3) is 0.438. The summed E-state index contributed by atoms with van der Waals surface area (Å²) in [4.78, 5) is 60.5. The van der Waals surface area contributed by atoms with E-state index in [0.29, 0.717) is 28.9 Å². The average molecular weight is 642 g/mol. The predicted octanol–water partition coefficient (Wildman–Crippen LogP) is 2.04. The Bertz CT molecular complexity index is 1580. The number of aromatic hydroxyl groups is 1. The van der Waals surface area contributed by atoms with Gasteiger partial charge in [0.05, 0.1) is 7.11 Å². The molecule has 14 heteroatoms. The molecule has 0 bridgehead atoms. The van der Waals surface area contributed by atoms with E-state index in [1.807, 2.05) is 13.0 Å². The summed E-state index contributed by atoms with van der Waals surface area (Å²) in [5.41, 5.74) is 8.26. The van der Waals surface area contributed by atoms with Gasteiger partial charge in [0.25, 0.3) is 5.91 Å². The van der Waals surface area contributed by atoms with E-state index in [4.69, 9.17) is 34.2 Å². The first-order valence-corrected chi connectivity index (χ1v) is 14.5. The van der Waals surface area contributed by atoms with Gasteiger partial charge in [-0.3, -0.25) is 19.2 Å². The molecule has 2 aliphatic rings. The number of phenolic OH excluding ortho intramolecular Hbond substituents is 1. The molecule has 0 unspecified atom stereocenters. The van der Waals surface area contributed by atoms with E-state index in [0.717, 1.165) is 5.57 Å². The minimum absolute atomic E-state index is 0.00183. The molecule has 3 heterocycles. The summed E-state index contributed by atoms with van der Waals surface area (Å²) in [5.74, 6) is -2.90. The minimum Gasteiger partial charge on any atom is -0.507 e. The maximum absolute atomic E-state index is 12.7. The lowest BCUT2D eigenvalue weighted by Crippen LogP contribution is -2.48. The molecule has 1 fully saturated rings. The Labute approximate surface area is 265 Å². The maximum atomic E-state index is 12.7. The number of benzene rings is 1. The number of allylic oxidation sites excluding steroid dienone is 2. The van der Waals surface area contributed by atoms with Crippen molar-refractivity contribution in [3.63, 3.8) is 0 Å². The zero-order chi connectivity index (χ0) is 33.7. The lowest BCUT2D eigenvalue weighted by Gasteiger charge is -2.21. The van der Waals surface area contributed by atoms with Crippen LogP contribution in [0, 0.1) is 6.92 Å². The van der Waals surface area contributed by atoms with Crippen LogP contribution in [0.25, 0.3) is 0 Å². The van der Waals surface area contributed by atoms with Gasteiger partial charge in [0.1, 0.15) is 41.9 Å². The number of nitrogens with zero attached hydrogens (tertiary/aromatic N) is 1. The minimum atomic E-state index is -1.12. The van der Waals surface area contributed by atoms with Crippen molar-refractivity contribution in [1.29, 1.82) is 0 Å². The molecule has 246 valence electrons. The molecule has 14 nitrogen and oxygen atoms in total. The molecule has 0 aliphatic carbocycles. The predicted molar refractivity (Wildman–Crippen MR) is 156 cm³/mol. The third-order valence-corrected chi connectivity index (χ3v) is 7.72. The van der Waals surface area contributed by atoms with Gasteiger partial charge in [0, 0.05) is 37.5 Å². The van der Waals surface area contributed by atoms with E-state index in [9.17, 15) is 29.1 Å². The zero-order valence-electron chi connectivity index (χ0n) is 26.2. The number of methoxy groups -OCH3 is 1. The molecule has 1 amide bonds. The zero-order valence-corrected chi connectivity index (χ0v) is 26.2. The number of carbonyl (C=O) groups excluding carboxylic acids is 5. The third kappa shape index (κ3) is 7.45. The van der Waals surface area contributed by atoms with Crippen LogP contribution in [0.1, 0.15) is 77.2 Å². The number of nitrogens with two attached hydrogens (primary N) is 1. The van der Waals surface area contributed by atoms with Gasteiger partial charge >= 0.3 is 30.1 Å². The summed E-state index contributed by atoms with van der Waals surface area (Å²) in [6.45, 7) is 5.73. The second-order valence-corrected chi connectivity index (χ2v) is 11.0. The van der Waals surface area contributed by atoms with Gasteiger partial charge in [-0.2, -0.15) is 4.57 Å². The number of esters is 4. The smallest absolute Gasteiger partial charge is 0.342 e. The van der Waals surface area contributed by atoms with E-state index in [2.05, 4.69) is 0 Å². The molecule has 1 aromatic heterocycles. The number of phenols is 1. The summed E-state index contributed by atoms with van der Waals surface area (Å²) in [5, 5.41) is 10.8. The Morgan fingerprint density at radius 2 is 1.80 bits per heavy atom. The van der Waals surface area contributed by atoms with Crippen LogP contribution in [0.4, 0.5) is 0 Å². The van der Waals surface area contributed by atoms with Crippen LogP contribution in [0.2, 0.25) is 0 Å². The Morgan fingerprint density at radius 1 is 1.11 bits per heavy atom. The van der Waals surface area contributed by atoms with Crippen LogP contribution in [-0.2, 0) is 51.1 Å². The number of amides is 1. The Morgan fingerprint density at radius 3 is 2.46 bits per heavy atom. The van der Waals surface area contributed by atoms with E-state index in [1.165, 1.54) is 37.8 Å². The molecule has 4 rings (SSSR count). The molecule has 2 aromatic rings. The quantitative estimate of drug-likeness (QED) is 0.149. The topological polar surface area (TPSA) is 191 Å². The molecule has 4 atom stereocenters. The fourth-order valence-corrected chi connectivity index (χ4v) is 5.48. The molecular weight excluding hydrogens is 604 g/mol. The van der Waals surface area contributed by atoms with Crippen molar-refractivity contribution in [2.75, 3.05) is 13.7 Å². The van der Waals surface area contributed by atoms with Gasteiger partial charge in [0.15, 0.2) is 18.5 Å². The van der Waals surface area contributed by atoms with Crippen molar-refractivity contribution in [1.82, 2.24) is 0 Å². The number of primary amides is 1. The Hall–Kier alpha value is -4.98. The van der Waals surface area contributed by atoms with Crippen LogP contribution in [0.3, 0.4) is 0 Å². The summed E-state index contributed by atoms with van der Waals surface area (Å²) < 4.78 is 34.5. The summed E-state index contributed by atoms with van der Waals surface area (Å²) >= 11 is 0. The number of fused-ring (bicyclic) bond motifs is 1. The molecule has 1 aromatic carbocycles. The average Bonchev–Trinajstić information content (AvgIpc) is 3.55. The standard InChI is InChI=1S/C32H36N2O12/c1-16(8-10-21-26(38)25-22(14-43-32(25)40)17(2)27(21)41-5)9-11-24(37)42-15-23-28(44-18(3)35)29(45-19(4)36)31(46-23)34-12-6-7-20(13-34)30(33)39/h6-8,12-13,23,28-29,31H,9-11,14-15H2,1-5H3,(H2-,33,38,39,40)/p+1/b16-8-/t23-,28-,29-,31-/m1/s1. The second-order valence-electron chi connectivity index (χ2n) is 11.0. The number of ether oxygens (including phenoxy) is 6. The van der Waals surface area contributed by atoms with E-state index in [1.54, 1.807) is 19.2 Å². The SMILES string of the molecule is COc1c(C)c2c(c(O)c1C/C=C(/C)CCC(=O)OC[C@H]1O[C@@H]([n+]3cccc(C(N)=O)c3)[C@H](OC(C)=O)[C@@H]1OC(C)=O)C(=O)OC2. The van der Waals surface area contributed by atoms with Crippen molar-refractivity contribution < 1.29 is 62.1 Å². The summed E-state index contributed by atoms with van der Waals surface area (Å²) in [6.07, 6.45) is 1.07. The van der Waals surface area contributed by atoms with Crippen LogP contribution in [-0.4, -0.2) is 66.9 Å². The highest BCUT2D eigenvalue weighted by atomic mass is 16.7. The van der Waals surface area contributed by atoms with Gasteiger partial charge in [-0.05, 0) is 38.3 Å². The molecule has 0 saturated carbocycles. The van der Waals surface area contributed by atoms with Crippen molar-refractivity contribution in [2.24, 2.45) is 5.73 Å². The number of rotatable bonds is 12. The summed E-state index contributed by atoms with van der Waals surface area (Å²) in [6, 6.07) is 3.05. The van der Waals surface area contributed by atoms with Gasteiger partial charge in [-0.25, -0.2) is 4.79 Å². The van der Waals surface area contributed by atoms with Gasteiger partial charge < -0.3 is 39.3 Å². The number of aromatic nitrogens is 1. The molecule has 2 aliphatic heterocycles. The second kappa shape index (κ2) is 14.4. The van der Waals surface area contributed by atoms with E-state index < -0.39 is 54.3 Å². The van der Waals surface area contributed by atoms with E-state index in [-0.39, 0.29) is 42.9 Å². The van der Waals surface area contributed by atoms with Gasteiger partial charge in [-0.15, -0.1) is 0 Å². The molecule has 1 saturated heterocycles. The Kier molecular flexibility index (Phi) is 10.6. The van der Waals surface area contributed by atoms with Crippen LogP contribution in [0.5, 0.6) is 11.5 Å². The van der Waals surface area contributed by atoms with Crippen LogP contribution < -0.4 is 15.0 Å². The largest absolute Gasteiger partial charge is 0.507 e. The lowest BCUT2D eigenvalue weighted by atomic mass is 9.94. The normalized spacial score (nSPS) is 20.5. The number of cyclic esters (lactones) is 1. The molecule has 46 heavy (non-hydrogen) atoms. The highest BCUT2D eigenvalue weighted by molar-refractivity contribution is 5.98. The fourth-order valence-electron chi connectivity index (χ4n) is 5.48. The number of pyridine rings is 1. The van der Waals surface area contributed by atoms with Crippen LogP contribution in [0.15, 0.2) is 36.2 Å². The number of hydrogen-bond acceptors (Lipinski definition) is 12. The summed E-state index contributed by atoms with van der Waals surface area (Å²) in [7, 11) is 1.48. The van der Waals surface area contributed by atoms with Crippen molar-refractivity contribution in [3.8, 4) is 11.5 Å². The van der Waals surface area contributed by atoms with Gasteiger partial charge in [-0.1, -0.05) is 11.6 Å². The van der Waals surface area contributed by atoms with E-state index >= 15 is 0 Å². The highest BCUT2D eigenvalue weighted by Crippen LogP contribution is 2.42. The molecule has 3 N–H and O–H groups in total. The first kappa shape index (κ1) is 33.9. The molecule has 0 radical (unpaired) electrons. The number of hydrogen-bond donors (Lipinski definition) is 2. The maximum Gasteiger partial charge on any atom is 0.342 e. The highest BCUT2D eigenvalue weighted by Gasteiger charge is 2.54. The Balaban J connectivity index is 1.42. The lowest BCUT2D eigenvalue weighted by molar-refractivity contribution is -0.765. The van der Waals surface area contributed by atoms with Gasteiger partial charge in [0.2, 0.25) is 6.10 Å². The molecule has 0 spiro atoms. The number of carbonyl (C=O) groups is 5. The first-order chi connectivity index (χ1) is 21.8. The van der Waals surface area contributed by atoms with Crippen molar-refractivity contribution >= 4 is 29.8 Å². The van der Waals surface area contributed by atoms with Crippen molar-refractivity contribution in [2.45, 2.75) is 78.1 Å². The van der Waals surface area contributed by atoms with Crippen molar-refractivity contribution in [3.05, 3.63) is 64.0 Å².